The number of hydrogen-bond donors (Lipinski definition) is 1. The molecule has 0 radical (unpaired) electrons. The van der Waals surface area contributed by atoms with Crippen LogP contribution in [0.4, 0.5) is 4.39 Å². The van der Waals surface area contributed by atoms with Crippen molar-refractivity contribution in [3.05, 3.63) is 47.5 Å². The maximum absolute atomic E-state index is 13.1. The number of amides is 1. The fourth-order valence-corrected chi connectivity index (χ4v) is 3.33. The normalized spacial score (nSPS) is 20.5. The van der Waals surface area contributed by atoms with Crippen molar-refractivity contribution in [1.29, 1.82) is 0 Å². The number of piperidine rings is 1. The molecule has 25 heavy (non-hydrogen) atoms. The van der Waals surface area contributed by atoms with E-state index in [1.165, 1.54) is 18.3 Å². The summed E-state index contributed by atoms with van der Waals surface area (Å²) in [6.45, 7) is 4.46. The van der Waals surface area contributed by atoms with E-state index in [1.807, 2.05) is 6.92 Å². The van der Waals surface area contributed by atoms with Crippen LogP contribution in [0.15, 0.2) is 30.5 Å². The first-order valence-electron chi connectivity index (χ1n) is 8.19. The lowest BCUT2D eigenvalue weighted by atomic mass is 9.90. The van der Waals surface area contributed by atoms with E-state index in [-0.39, 0.29) is 24.2 Å². The fourth-order valence-electron chi connectivity index (χ4n) is 3.33. The van der Waals surface area contributed by atoms with Crippen LogP contribution >= 0.6 is 0 Å². The van der Waals surface area contributed by atoms with Crippen LogP contribution in [0.25, 0.3) is 5.69 Å². The number of hydrogen-bond acceptors (Lipinski definition) is 3. The van der Waals surface area contributed by atoms with Crippen LogP contribution in [0.3, 0.4) is 0 Å². The zero-order valence-corrected chi connectivity index (χ0v) is 14.1. The van der Waals surface area contributed by atoms with E-state index in [4.69, 9.17) is 0 Å². The molecule has 1 aromatic heterocycles. The molecular formula is C18H20FN3O3. The van der Waals surface area contributed by atoms with Gasteiger partial charge in [0.2, 0.25) is 0 Å². The van der Waals surface area contributed by atoms with Crippen molar-refractivity contribution in [3.8, 4) is 5.69 Å². The van der Waals surface area contributed by atoms with E-state index in [9.17, 15) is 19.1 Å². The molecule has 1 aliphatic heterocycles. The van der Waals surface area contributed by atoms with Gasteiger partial charge in [0, 0.05) is 13.1 Å². The monoisotopic (exact) mass is 345 g/mol. The van der Waals surface area contributed by atoms with Gasteiger partial charge in [-0.2, -0.15) is 5.10 Å². The SMILES string of the molecule is Cc1c(C(=O)N2CC(C)CC(C(=O)O)C2)cnn1-c1ccc(F)cc1. The van der Waals surface area contributed by atoms with E-state index >= 15 is 0 Å². The summed E-state index contributed by atoms with van der Waals surface area (Å²) < 4.78 is 14.7. The summed E-state index contributed by atoms with van der Waals surface area (Å²) in [5.74, 6) is -1.84. The second-order valence-corrected chi connectivity index (χ2v) is 6.62. The van der Waals surface area contributed by atoms with E-state index in [2.05, 4.69) is 5.10 Å². The quantitative estimate of drug-likeness (QED) is 0.927. The lowest BCUT2D eigenvalue weighted by molar-refractivity contribution is -0.143. The molecule has 2 heterocycles. The number of halogens is 1. The van der Waals surface area contributed by atoms with Gasteiger partial charge in [0.25, 0.3) is 5.91 Å². The number of rotatable bonds is 3. The maximum Gasteiger partial charge on any atom is 0.308 e. The standard InChI is InChI=1S/C18H20FN3O3/c1-11-7-13(18(24)25)10-21(9-11)17(23)16-8-20-22(12(16)2)15-5-3-14(19)4-6-15/h3-6,8,11,13H,7,9-10H2,1-2H3,(H,24,25). The third kappa shape index (κ3) is 3.40. The molecule has 0 spiro atoms. The minimum Gasteiger partial charge on any atom is -0.481 e. The zero-order valence-electron chi connectivity index (χ0n) is 14.1. The Labute approximate surface area is 144 Å². The number of likely N-dealkylation sites (tertiary alicyclic amines) is 1. The molecule has 2 atom stereocenters. The van der Waals surface area contributed by atoms with Crippen LogP contribution in [0.2, 0.25) is 0 Å². The van der Waals surface area contributed by atoms with Gasteiger partial charge in [-0.1, -0.05) is 6.92 Å². The Hall–Kier alpha value is -2.70. The Kier molecular flexibility index (Phi) is 4.57. The highest BCUT2D eigenvalue weighted by Crippen LogP contribution is 2.24. The predicted octanol–water partition coefficient (Wildman–Crippen LogP) is 2.50. The van der Waals surface area contributed by atoms with Crippen LogP contribution in [-0.2, 0) is 4.79 Å². The topological polar surface area (TPSA) is 75.4 Å². The Morgan fingerprint density at radius 3 is 2.56 bits per heavy atom. The smallest absolute Gasteiger partial charge is 0.308 e. The molecule has 1 fully saturated rings. The van der Waals surface area contributed by atoms with Gasteiger partial charge < -0.3 is 10.0 Å². The second-order valence-electron chi connectivity index (χ2n) is 6.62. The molecule has 3 rings (SSSR count). The summed E-state index contributed by atoms with van der Waals surface area (Å²) in [6.07, 6.45) is 2.06. The molecule has 1 aromatic carbocycles. The van der Waals surface area contributed by atoms with Gasteiger partial charge in [0.05, 0.1) is 29.1 Å². The molecule has 2 aromatic rings. The van der Waals surface area contributed by atoms with Gasteiger partial charge in [-0.3, -0.25) is 9.59 Å². The van der Waals surface area contributed by atoms with E-state index < -0.39 is 11.9 Å². The highest BCUT2D eigenvalue weighted by molar-refractivity contribution is 5.95. The minimum absolute atomic E-state index is 0.131. The largest absolute Gasteiger partial charge is 0.481 e. The predicted molar refractivity (Wildman–Crippen MR) is 89.1 cm³/mol. The molecule has 6 nitrogen and oxygen atoms in total. The Balaban J connectivity index is 1.85. The molecule has 1 N–H and O–H groups in total. The van der Waals surface area contributed by atoms with Crippen molar-refractivity contribution in [1.82, 2.24) is 14.7 Å². The highest BCUT2D eigenvalue weighted by Gasteiger charge is 2.33. The number of benzene rings is 1. The summed E-state index contributed by atoms with van der Waals surface area (Å²) in [5.41, 5.74) is 1.73. The Morgan fingerprint density at radius 1 is 1.24 bits per heavy atom. The van der Waals surface area contributed by atoms with Crippen LogP contribution in [0.1, 0.15) is 29.4 Å². The Morgan fingerprint density at radius 2 is 1.92 bits per heavy atom. The van der Waals surface area contributed by atoms with Crippen molar-refractivity contribution in [2.75, 3.05) is 13.1 Å². The van der Waals surface area contributed by atoms with E-state index in [0.29, 0.717) is 29.9 Å². The molecule has 7 heteroatoms. The Bertz CT molecular complexity index is 800. The first-order valence-corrected chi connectivity index (χ1v) is 8.19. The summed E-state index contributed by atoms with van der Waals surface area (Å²) >= 11 is 0. The van der Waals surface area contributed by atoms with Crippen molar-refractivity contribution in [3.63, 3.8) is 0 Å². The van der Waals surface area contributed by atoms with Crippen molar-refractivity contribution in [2.24, 2.45) is 11.8 Å². The maximum atomic E-state index is 13.1. The first kappa shape index (κ1) is 17.1. The number of carbonyl (C=O) groups is 2. The molecule has 132 valence electrons. The van der Waals surface area contributed by atoms with Gasteiger partial charge in [0.15, 0.2) is 0 Å². The molecule has 1 aliphatic rings. The molecule has 1 amide bonds. The van der Waals surface area contributed by atoms with Crippen LogP contribution < -0.4 is 0 Å². The number of carbonyl (C=O) groups excluding carboxylic acids is 1. The number of carboxylic acid groups (broad SMARTS) is 1. The van der Waals surface area contributed by atoms with Crippen LogP contribution in [0.5, 0.6) is 0 Å². The third-order valence-electron chi connectivity index (χ3n) is 4.61. The summed E-state index contributed by atoms with van der Waals surface area (Å²) in [6, 6.07) is 5.85. The third-order valence-corrected chi connectivity index (χ3v) is 4.61. The average molecular weight is 345 g/mol. The van der Waals surface area contributed by atoms with Crippen LogP contribution in [-0.4, -0.2) is 44.8 Å². The molecule has 2 unspecified atom stereocenters. The lowest BCUT2D eigenvalue weighted by Gasteiger charge is -2.34. The van der Waals surface area contributed by atoms with Gasteiger partial charge in [-0.15, -0.1) is 0 Å². The van der Waals surface area contributed by atoms with Crippen molar-refractivity contribution >= 4 is 11.9 Å². The molecule has 1 saturated heterocycles. The van der Waals surface area contributed by atoms with Gasteiger partial charge in [-0.25, -0.2) is 9.07 Å². The molecule has 0 aliphatic carbocycles. The van der Waals surface area contributed by atoms with Gasteiger partial charge in [0.1, 0.15) is 5.82 Å². The second kappa shape index (κ2) is 6.66. The highest BCUT2D eigenvalue weighted by atomic mass is 19.1. The van der Waals surface area contributed by atoms with Crippen molar-refractivity contribution < 1.29 is 19.1 Å². The number of aromatic nitrogens is 2. The summed E-state index contributed by atoms with van der Waals surface area (Å²) in [4.78, 5) is 25.7. The molecule has 0 saturated carbocycles. The van der Waals surface area contributed by atoms with E-state index in [0.717, 1.165) is 0 Å². The lowest BCUT2D eigenvalue weighted by Crippen LogP contribution is -2.45. The number of carboxylic acids is 1. The van der Waals surface area contributed by atoms with Gasteiger partial charge in [-0.05, 0) is 43.5 Å². The number of nitrogens with zero attached hydrogens (tertiary/aromatic N) is 3. The van der Waals surface area contributed by atoms with Crippen molar-refractivity contribution in [2.45, 2.75) is 20.3 Å². The van der Waals surface area contributed by atoms with E-state index in [1.54, 1.807) is 28.6 Å². The van der Waals surface area contributed by atoms with Crippen LogP contribution in [0, 0.1) is 24.6 Å². The average Bonchev–Trinajstić information content (AvgIpc) is 2.96. The summed E-state index contributed by atoms with van der Waals surface area (Å²) in [5, 5.41) is 13.5. The minimum atomic E-state index is -0.872. The summed E-state index contributed by atoms with van der Waals surface area (Å²) in [7, 11) is 0. The number of aliphatic carboxylic acids is 1. The van der Waals surface area contributed by atoms with Gasteiger partial charge >= 0.3 is 5.97 Å². The zero-order chi connectivity index (χ0) is 18.1. The molecule has 0 bridgehead atoms. The first-order chi connectivity index (χ1) is 11.9. The molecular weight excluding hydrogens is 325 g/mol. The fraction of sp³-hybridized carbons (Fsp3) is 0.389.